The number of nitrogens with zero attached hydrogens (tertiary/aromatic N) is 2. The fraction of sp³-hybridized carbons (Fsp3) is 0.286. The maximum absolute atomic E-state index is 13.3. The van der Waals surface area contributed by atoms with Crippen molar-refractivity contribution >= 4 is 46.7 Å². The molecule has 322 valence electrons. The molecule has 5 aromatic carbocycles. The van der Waals surface area contributed by atoms with Crippen LogP contribution in [0.25, 0.3) is 17.2 Å². The van der Waals surface area contributed by atoms with Gasteiger partial charge in [-0.2, -0.15) is 0 Å². The van der Waals surface area contributed by atoms with E-state index in [-0.39, 0.29) is 36.6 Å². The number of nitrogens with one attached hydrogen (secondary N) is 4. The average molecular weight is 839 g/mol. The number of piperidine rings is 1. The molecule has 0 aromatic heterocycles. The third-order valence-electron chi connectivity index (χ3n) is 11.2. The Morgan fingerprint density at radius 2 is 1.65 bits per heavy atom. The van der Waals surface area contributed by atoms with Gasteiger partial charge in [0.05, 0.1) is 23.9 Å². The van der Waals surface area contributed by atoms with E-state index in [0.717, 1.165) is 35.3 Å². The fourth-order valence-corrected chi connectivity index (χ4v) is 7.85. The third kappa shape index (κ3) is 11.6. The lowest BCUT2D eigenvalue weighted by molar-refractivity contribution is -0.118. The summed E-state index contributed by atoms with van der Waals surface area (Å²) in [6, 6.07) is 35.8. The predicted octanol–water partition coefficient (Wildman–Crippen LogP) is 6.93. The van der Waals surface area contributed by atoms with Gasteiger partial charge in [-0.05, 0) is 90.5 Å². The number of ether oxygens (including phenoxy) is 1. The maximum atomic E-state index is 13.3. The van der Waals surface area contributed by atoms with Gasteiger partial charge in [0.15, 0.2) is 0 Å². The van der Waals surface area contributed by atoms with Crippen LogP contribution < -0.4 is 26.2 Å². The van der Waals surface area contributed by atoms with Gasteiger partial charge in [0.2, 0.25) is 11.8 Å². The fourth-order valence-electron chi connectivity index (χ4n) is 7.85. The molecule has 13 heteroatoms. The maximum Gasteiger partial charge on any atom is 0.411 e. The summed E-state index contributed by atoms with van der Waals surface area (Å²) in [5, 5.41) is 42.9. The number of aromatic hydroxyl groups is 1. The van der Waals surface area contributed by atoms with Crippen LogP contribution in [0.2, 0.25) is 0 Å². The molecule has 0 aliphatic carbocycles. The van der Waals surface area contributed by atoms with Crippen molar-refractivity contribution in [2.24, 2.45) is 0 Å². The number of carbonyl (C=O) groups excluding carboxylic acids is 3. The Balaban J connectivity index is 0.810. The average Bonchev–Trinajstić information content (AvgIpc) is 3.28. The molecule has 0 bridgehead atoms. The molecule has 2 atom stereocenters. The summed E-state index contributed by atoms with van der Waals surface area (Å²) in [6.45, 7) is 2.90. The first-order valence-corrected chi connectivity index (χ1v) is 21.1. The number of fused-ring (bicyclic) bond motifs is 1. The van der Waals surface area contributed by atoms with Gasteiger partial charge in [0.25, 0.3) is 0 Å². The number of hydrogen-bond donors (Lipinski definition) is 7. The molecule has 62 heavy (non-hydrogen) atoms. The van der Waals surface area contributed by atoms with Crippen LogP contribution in [0.4, 0.5) is 27.5 Å². The van der Waals surface area contributed by atoms with Crippen molar-refractivity contribution in [3.8, 4) is 16.9 Å². The Kier molecular flexibility index (Phi) is 14.6. The highest BCUT2D eigenvalue weighted by Crippen LogP contribution is 2.37. The van der Waals surface area contributed by atoms with Gasteiger partial charge >= 0.3 is 6.09 Å². The number of phenols is 1. The Bertz CT molecular complexity index is 2360. The van der Waals surface area contributed by atoms with Crippen molar-refractivity contribution in [3.63, 3.8) is 0 Å². The highest BCUT2D eigenvalue weighted by atomic mass is 16.6. The third-order valence-corrected chi connectivity index (χ3v) is 11.2. The van der Waals surface area contributed by atoms with Crippen LogP contribution in [0.5, 0.6) is 5.75 Å². The standard InChI is InChI=1S/C49H54N6O7/c1-54(47(60)24-28-55-26-22-38(23-27-55)62-49(61)52-42-16-6-5-15-39(42)35-11-3-2-4-12-35)37-14-8-10-34(30-37)31-46(59)51-36-13-7-9-33(29-36)21-25-50-32-44(57)40-17-19-43(56)48-41(40)18-20-45(58)53-48/h2-20,29-30,38,44-45,50,53,56-58H,21-28,31-32H2,1H3,(H,51,59)(H,52,61)/t44-,45?/m0/s1. The zero-order valence-electron chi connectivity index (χ0n) is 34.8. The van der Waals surface area contributed by atoms with Crippen LogP contribution in [0.15, 0.2) is 121 Å². The minimum absolute atomic E-state index is 0.00224. The van der Waals surface area contributed by atoms with Crippen LogP contribution in [-0.2, 0) is 27.2 Å². The van der Waals surface area contributed by atoms with E-state index in [4.69, 9.17) is 4.74 Å². The van der Waals surface area contributed by atoms with E-state index in [1.54, 1.807) is 30.2 Å². The lowest BCUT2D eigenvalue weighted by Gasteiger charge is -2.31. The molecule has 7 rings (SSSR count). The second kappa shape index (κ2) is 20.8. The van der Waals surface area contributed by atoms with Crippen molar-refractivity contribution in [2.75, 3.05) is 60.6 Å². The second-order valence-corrected chi connectivity index (χ2v) is 15.7. The molecular weight excluding hydrogens is 785 g/mol. The molecule has 2 aliphatic heterocycles. The molecule has 1 fully saturated rings. The summed E-state index contributed by atoms with van der Waals surface area (Å²) in [7, 11) is 1.75. The molecule has 2 heterocycles. The topological polar surface area (TPSA) is 176 Å². The Morgan fingerprint density at radius 1 is 0.887 bits per heavy atom. The molecule has 2 aliphatic rings. The van der Waals surface area contributed by atoms with E-state index in [2.05, 4.69) is 26.2 Å². The minimum Gasteiger partial charge on any atom is -0.506 e. The van der Waals surface area contributed by atoms with Crippen LogP contribution >= 0.6 is 0 Å². The quantitative estimate of drug-likeness (QED) is 0.0408. The first-order valence-electron chi connectivity index (χ1n) is 21.1. The first kappa shape index (κ1) is 43.6. The first-order chi connectivity index (χ1) is 30.1. The SMILES string of the molecule is CN(C(=O)CCN1CCC(OC(=O)Nc2ccccc2-c2ccccc2)CC1)c1cccc(CC(=O)Nc2cccc(CCNC[C@H](O)c3ccc(O)c4c3C=CC(O)N4)c2)c1. The molecule has 0 radical (unpaired) electrons. The number of amides is 3. The number of phenolic OH excluding ortho intramolecular Hbond substituents is 1. The summed E-state index contributed by atoms with van der Waals surface area (Å²) >= 11 is 0. The molecule has 0 spiro atoms. The number of carbonyl (C=O) groups is 3. The normalized spacial score (nSPS) is 15.5. The van der Waals surface area contributed by atoms with Gasteiger partial charge in [0.1, 0.15) is 18.1 Å². The molecule has 1 saturated heterocycles. The predicted molar refractivity (Wildman–Crippen MR) is 243 cm³/mol. The molecule has 13 nitrogen and oxygen atoms in total. The lowest BCUT2D eigenvalue weighted by Crippen LogP contribution is -2.40. The number of hydrogen-bond acceptors (Lipinski definition) is 10. The van der Waals surface area contributed by atoms with Crippen molar-refractivity contribution < 1.29 is 34.4 Å². The largest absolute Gasteiger partial charge is 0.506 e. The lowest BCUT2D eigenvalue weighted by atomic mass is 9.97. The van der Waals surface area contributed by atoms with Gasteiger partial charge in [-0.1, -0.05) is 84.9 Å². The number of aliphatic hydroxyl groups is 2. The van der Waals surface area contributed by atoms with Crippen molar-refractivity contribution in [2.45, 2.75) is 50.5 Å². The van der Waals surface area contributed by atoms with E-state index >= 15 is 0 Å². The zero-order valence-corrected chi connectivity index (χ0v) is 34.8. The van der Waals surface area contributed by atoms with E-state index < -0.39 is 18.4 Å². The van der Waals surface area contributed by atoms with E-state index in [1.165, 1.54) is 6.07 Å². The van der Waals surface area contributed by atoms with E-state index in [9.17, 15) is 29.7 Å². The number of aliphatic hydroxyl groups excluding tert-OH is 2. The number of anilines is 4. The van der Waals surface area contributed by atoms with Crippen molar-refractivity contribution in [3.05, 3.63) is 144 Å². The van der Waals surface area contributed by atoms with Gasteiger partial charge in [-0.3, -0.25) is 14.9 Å². The molecule has 0 saturated carbocycles. The van der Waals surface area contributed by atoms with Gasteiger partial charge in [-0.25, -0.2) is 4.79 Å². The minimum atomic E-state index is -0.907. The summed E-state index contributed by atoms with van der Waals surface area (Å²) in [4.78, 5) is 43.1. The van der Waals surface area contributed by atoms with Gasteiger partial charge in [-0.15, -0.1) is 0 Å². The number of benzene rings is 5. The van der Waals surface area contributed by atoms with Gasteiger partial charge < -0.3 is 45.8 Å². The molecule has 1 unspecified atom stereocenters. The van der Waals surface area contributed by atoms with Crippen LogP contribution in [0.1, 0.15) is 47.6 Å². The molecule has 5 aromatic rings. The number of para-hydroxylation sites is 1. The summed E-state index contributed by atoms with van der Waals surface area (Å²) < 4.78 is 5.78. The monoisotopic (exact) mass is 838 g/mol. The summed E-state index contributed by atoms with van der Waals surface area (Å²) in [5.74, 6) is -0.205. The van der Waals surface area contributed by atoms with E-state index in [0.29, 0.717) is 72.6 Å². The van der Waals surface area contributed by atoms with Gasteiger partial charge in [0, 0.05) is 62.1 Å². The molecule has 3 amide bonds. The smallest absolute Gasteiger partial charge is 0.411 e. The summed E-state index contributed by atoms with van der Waals surface area (Å²) in [6.07, 6.45) is 3.33. The Labute approximate surface area is 362 Å². The Morgan fingerprint density at radius 3 is 2.47 bits per heavy atom. The Hall–Kier alpha value is -6.51. The highest BCUT2D eigenvalue weighted by Gasteiger charge is 2.24. The van der Waals surface area contributed by atoms with E-state index in [1.807, 2.05) is 103 Å². The zero-order chi connectivity index (χ0) is 43.4. The van der Waals surface area contributed by atoms with Crippen molar-refractivity contribution in [1.29, 1.82) is 0 Å². The summed E-state index contributed by atoms with van der Waals surface area (Å²) in [5.41, 5.74) is 7.48. The van der Waals surface area contributed by atoms with Crippen LogP contribution in [0, 0.1) is 0 Å². The number of likely N-dealkylation sites (tertiary alicyclic amines) is 1. The van der Waals surface area contributed by atoms with Crippen LogP contribution in [-0.4, -0.2) is 90.2 Å². The number of rotatable bonds is 16. The highest BCUT2D eigenvalue weighted by molar-refractivity contribution is 5.95. The molecule has 7 N–H and O–H groups in total. The van der Waals surface area contributed by atoms with Crippen molar-refractivity contribution in [1.82, 2.24) is 10.2 Å². The van der Waals surface area contributed by atoms with Crippen LogP contribution in [0.3, 0.4) is 0 Å². The molecular formula is C49H54N6O7. The second-order valence-electron chi connectivity index (χ2n) is 15.7.